The first-order valence-corrected chi connectivity index (χ1v) is 7.70. The van der Waals surface area contributed by atoms with Gasteiger partial charge < -0.3 is 4.74 Å². The van der Waals surface area contributed by atoms with Gasteiger partial charge in [0.25, 0.3) is 0 Å². The van der Waals surface area contributed by atoms with Crippen LogP contribution in [0.1, 0.15) is 28.7 Å². The van der Waals surface area contributed by atoms with Crippen LogP contribution in [0.3, 0.4) is 0 Å². The van der Waals surface area contributed by atoms with Gasteiger partial charge in [0.15, 0.2) is 0 Å². The van der Waals surface area contributed by atoms with Gasteiger partial charge in [-0.25, -0.2) is 4.79 Å². The Labute approximate surface area is 126 Å². The van der Waals surface area contributed by atoms with Crippen LogP contribution in [0.15, 0.2) is 36.4 Å². The second-order valence-electron chi connectivity index (χ2n) is 4.32. The minimum Gasteiger partial charge on any atom is -0.461 e. The number of hydrogen-bond acceptors (Lipinski definition) is 3. The summed E-state index contributed by atoms with van der Waals surface area (Å²) < 4.78 is 6.76. The zero-order valence-electron chi connectivity index (χ0n) is 11.4. The fourth-order valence-electron chi connectivity index (χ4n) is 1.98. The zero-order chi connectivity index (χ0) is 14.4. The van der Waals surface area contributed by atoms with Crippen molar-refractivity contribution >= 4 is 21.9 Å². The Morgan fingerprint density at radius 2 is 2.10 bits per heavy atom. The first-order chi connectivity index (χ1) is 9.74. The molecule has 0 N–H and O–H groups in total. The standard InChI is InChI=1S/C15H17BrN2O2/c1-2-20-15(19)14-11-13(17-18(14)9-8-16)10-12-6-4-3-5-7-12/h3-7,11H,2,8-10H2,1H3. The Balaban J connectivity index is 2.22. The summed E-state index contributed by atoms with van der Waals surface area (Å²) in [4.78, 5) is 11.9. The highest BCUT2D eigenvalue weighted by atomic mass is 79.9. The molecular formula is C15H17BrN2O2. The van der Waals surface area contributed by atoms with E-state index >= 15 is 0 Å². The van der Waals surface area contributed by atoms with Gasteiger partial charge in [-0.05, 0) is 18.6 Å². The molecule has 0 radical (unpaired) electrons. The lowest BCUT2D eigenvalue weighted by molar-refractivity contribution is 0.0512. The Hall–Kier alpha value is -1.62. The molecule has 106 valence electrons. The summed E-state index contributed by atoms with van der Waals surface area (Å²) >= 11 is 3.37. The van der Waals surface area contributed by atoms with E-state index in [-0.39, 0.29) is 5.97 Å². The third kappa shape index (κ3) is 3.70. The van der Waals surface area contributed by atoms with E-state index in [4.69, 9.17) is 4.74 Å². The number of aryl methyl sites for hydroxylation is 1. The molecule has 2 aromatic rings. The molecule has 0 amide bonds. The SMILES string of the molecule is CCOC(=O)c1cc(Cc2ccccc2)nn1CCBr. The molecule has 0 bridgehead atoms. The van der Waals surface area contributed by atoms with Gasteiger partial charge >= 0.3 is 5.97 Å². The third-order valence-electron chi connectivity index (χ3n) is 2.84. The average Bonchev–Trinajstić information content (AvgIpc) is 2.83. The van der Waals surface area contributed by atoms with Crippen molar-refractivity contribution < 1.29 is 9.53 Å². The van der Waals surface area contributed by atoms with Crippen molar-refractivity contribution in [1.82, 2.24) is 9.78 Å². The van der Waals surface area contributed by atoms with E-state index in [2.05, 4.69) is 21.0 Å². The maximum Gasteiger partial charge on any atom is 0.356 e. The number of alkyl halides is 1. The minimum absolute atomic E-state index is 0.319. The van der Waals surface area contributed by atoms with Crippen LogP contribution in [0, 0.1) is 0 Å². The summed E-state index contributed by atoms with van der Waals surface area (Å²) in [7, 11) is 0. The van der Waals surface area contributed by atoms with E-state index in [1.807, 2.05) is 36.4 Å². The van der Waals surface area contributed by atoms with Crippen LogP contribution in [0.5, 0.6) is 0 Å². The van der Waals surface area contributed by atoms with Crippen molar-refractivity contribution in [3.63, 3.8) is 0 Å². The maximum atomic E-state index is 11.9. The van der Waals surface area contributed by atoms with Crippen molar-refractivity contribution in [2.24, 2.45) is 0 Å². The highest BCUT2D eigenvalue weighted by Gasteiger charge is 2.16. The average molecular weight is 337 g/mol. The summed E-state index contributed by atoms with van der Waals surface area (Å²) in [5.74, 6) is -0.319. The largest absolute Gasteiger partial charge is 0.461 e. The van der Waals surface area contributed by atoms with Crippen LogP contribution < -0.4 is 0 Å². The van der Waals surface area contributed by atoms with Crippen LogP contribution >= 0.6 is 15.9 Å². The number of aromatic nitrogens is 2. The molecule has 1 aromatic carbocycles. The van der Waals surface area contributed by atoms with Crippen molar-refractivity contribution in [1.29, 1.82) is 0 Å². The second-order valence-corrected chi connectivity index (χ2v) is 5.11. The normalized spacial score (nSPS) is 10.5. The van der Waals surface area contributed by atoms with Gasteiger partial charge in [-0.15, -0.1) is 0 Å². The highest BCUT2D eigenvalue weighted by Crippen LogP contribution is 2.12. The lowest BCUT2D eigenvalue weighted by atomic mass is 10.1. The number of esters is 1. The van der Waals surface area contributed by atoms with E-state index in [0.29, 0.717) is 25.3 Å². The Bertz CT molecular complexity index is 567. The molecule has 4 nitrogen and oxygen atoms in total. The molecule has 0 saturated carbocycles. The number of benzene rings is 1. The van der Waals surface area contributed by atoms with Crippen LogP contribution in [0.25, 0.3) is 0 Å². The van der Waals surface area contributed by atoms with Gasteiger partial charge in [-0.3, -0.25) is 4.68 Å². The molecule has 0 aliphatic carbocycles. The molecule has 0 spiro atoms. The summed E-state index contributed by atoms with van der Waals surface area (Å²) in [5, 5.41) is 5.23. The molecule has 1 heterocycles. The molecule has 0 unspecified atom stereocenters. The first kappa shape index (κ1) is 14.8. The summed E-state index contributed by atoms with van der Waals surface area (Å²) in [5.41, 5.74) is 2.56. The fraction of sp³-hybridized carbons (Fsp3) is 0.333. The summed E-state index contributed by atoms with van der Waals surface area (Å²) in [6.07, 6.45) is 0.711. The molecule has 20 heavy (non-hydrogen) atoms. The zero-order valence-corrected chi connectivity index (χ0v) is 13.0. The van der Waals surface area contributed by atoms with Gasteiger partial charge in [-0.2, -0.15) is 5.10 Å². The first-order valence-electron chi connectivity index (χ1n) is 6.58. The topological polar surface area (TPSA) is 44.1 Å². The van der Waals surface area contributed by atoms with Crippen molar-refractivity contribution in [3.8, 4) is 0 Å². The van der Waals surface area contributed by atoms with Crippen molar-refractivity contribution in [3.05, 3.63) is 53.3 Å². The predicted octanol–water partition coefficient (Wildman–Crippen LogP) is 3.05. The van der Waals surface area contributed by atoms with Gasteiger partial charge in [-0.1, -0.05) is 46.3 Å². The summed E-state index contributed by atoms with van der Waals surface area (Å²) in [6, 6.07) is 11.9. The quantitative estimate of drug-likeness (QED) is 0.601. The fourth-order valence-corrected chi connectivity index (χ4v) is 2.32. The van der Waals surface area contributed by atoms with Crippen LogP contribution in [-0.2, 0) is 17.7 Å². The molecule has 0 aliphatic heterocycles. The van der Waals surface area contributed by atoms with Gasteiger partial charge in [0, 0.05) is 11.8 Å². The number of ether oxygens (including phenoxy) is 1. The molecular weight excluding hydrogens is 320 g/mol. The number of carbonyl (C=O) groups is 1. The van der Waals surface area contributed by atoms with Crippen molar-refractivity contribution in [2.75, 3.05) is 11.9 Å². The van der Waals surface area contributed by atoms with Crippen LogP contribution in [0.2, 0.25) is 0 Å². The van der Waals surface area contributed by atoms with E-state index < -0.39 is 0 Å². The molecule has 2 rings (SSSR count). The molecule has 0 atom stereocenters. The number of rotatable bonds is 6. The monoisotopic (exact) mass is 336 g/mol. The maximum absolute atomic E-state index is 11.9. The minimum atomic E-state index is -0.319. The number of hydrogen-bond donors (Lipinski definition) is 0. The predicted molar refractivity (Wildman–Crippen MR) is 81.2 cm³/mol. The smallest absolute Gasteiger partial charge is 0.356 e. The Morgan fingerprint density at radius 3 is 2.75 bits per heavy atom. The molecule has 0 saturated heterocycles. The van der Waals surface area contributed by atoms with Crippen LogP contribution in [0.4, 0.5) is 0 Å². The molecule has 0 fully saturated rings. The Kier molecular flexibility index (Phi) is 5.35. The number of halogens is 1. The van der Waals surface area contributed by atoms with E-state index in [0.717, 1.165) is 11.0 Å². The van der Waals surface area contributed by atoms with Crippen LogP contribution in [-0.4, -0.2) is 27.7 Å². The molecule has 1 aromatic heterocycles. The van der Waals surface area contributed by atoms with Crippen molar-refractivity contribution in [2.45, 2.75) is 19.9 Å². The van der Waals surface area contributed by atoms with Gasteiger partial charge in [0.1, 0.15) is 5.69 Å². The van der Waals surface area contributed by atoms with E-state index in [1.54, 1.807) is 11.6 Å². The molecule has 0 aliphatic rings. The third-order valence-corrected chi connectivity index (χ3v) is 3.19. The molecule has 5 heteroatoms. The number of carbonyl (C=O) groups excluding carboxylic acids is 1. The summed E-state index contributed by atoms with van der Waals surface area (Å²) in [6.45, 7) is 2.81. The lowest BCUT2D eigenvalue weighted by Gasteiger charge is -2.04. The highest BCUT2D eigenvalue weighted by molar-refractivity contribution is 9.09. The van der Waals surface area contributed by atoms with Gasteiger partial charge in [0.2, 0.25) is 0 Å². The van der Waals surface area contributed by atoms with E-state index in [9.17, 15) is 4.79 Å². The lowest BCUT2D eigenvalue weighted by Crippen LogP contribution is -2.13. The van der Waals surface area contributed by atoms with E-state index in [1.165, 1.54) is 5.56 Å². The number of nitrogens with zero attached hydrogens (tertiary/aromatic N) is 2. The second kappa shape index (κ2) is 7.24. The Morgan fingerprint density at radius 1 is 1.35 bits per heavy atom. The van der Waals surface area contributed by atoms with Gasteiger partial charge in [0.05, 0.1) is 18.8 Å².